The zero-order chi connectivity index (χ0) is 19.6. The van der Waals surface area contributed by atoms with Gasteiger partial charge in [0.05, 0.1) is 0 Å². The van der Waals surface area contributed by atoms with Crippen LogP contribution in [0.4, 0.5) is 0 Å². The molecule has 0 spiro atoms. The van der Waals surface area contributed by atoms with Crippen LogP contribution in [0.3, 0.4) is 0 Å². The number of rotatable bonds is 1. The third kappa shape index (κ3) is 2.80. The first kappa shape index (κ1) is 19.7. The molecule has 0 amide bonds. The average molecular weight is 556 g/mol. The number of nitrogens with zero attached hydrogens (tertiary/aromatic N) is 2. The van der Waals surface area contributed by atoms with Crippen LogP contribution in [0.15, 0.2) is 54.7 Å². The van der Waals surface area contributed by atoms with E-state index in [1.165, 1.54) is 49.8 Å². The topological polar surface area (TPSA) is 8.29 Å². The fraction of sp³-hybridized carbons (Fsp3) is 0.154. The number of aryl methyl sites for hydroxylation is 4. The summed E-state index contributed by atoms with van der Waals surface area (Å²) >= 11 is 0. The zero-order valence-electron chi connectivity index (χ0n) is 17.1. The maximum Gasteiger partial charge on any atom is 0.194 e. The van der Waals surface area contributed by atoms with Crippen LogP contribution in [-0.2, 0) is 20.1 Å². The minimum atomic E-state index is 0. The Kier molecular flexibility index (Phi) is 4.77. The molecule has 2 aromatic heterocycles. The van der Waals surface area contributed by atoms with Crippen molar-refractivity contribution in [2.45, 2.75) is 27.7 Å². The van der Waals surface area contributed by atoms with Gasteiger partial charge in [0.25, 0.3) is 0 Å². The van der Waals surface area contributed by atoms with Gasteiger partial charge in [0.2, 0.25) is 0 Å². The van der Waals surface area contributed by atoms with Crippen molar-refractivity contribution in [2.24, 2.45) is 0 Å². The van der Waals surface area contributed by atoms with Crippen molar-refractivity contribution in [3.8, 4) is 11.3 Å². The summed E-state index contributed by atoms with van der Waals surface area (Å²) in [6.45, 7) is 8.73. The number of hydrogen-bond donors (Lipinski definition) is 0. The maximum absolute atomic E-state index is 4.33. The van der Waals surface area contributed by atoms with Crippen LogP contribution >= 0.6 is 0 Å². The normalized spacial score (nSPS) is 11.3. The standard InChI is InChI=1S/C26H23N2.Ir/c1-16-9-8-10-17(2)25(16)24-15-27(5)26-21-12-7-6-11-20(21)22-13-18(3)19(4)14-23(22)28(24)26;/h6-11,13-15H,5H2,1-4H3;/q-1;. The van der Waals surface area contributed by atoms with E-state index in [1.807, 2.05) is 10.6 Å². The van der Waals surface area contributed by atoms with Crippen LogP contribution in [0.25, 0.3) is 38.6 Å². The van der Waals surface area contributed by atoms with E-state index in [1.54, 1.807) is 0 Å². The van der Waals surface area contributed by atoms with Crippen LogP contribution in [0.5, 0.6) is 0 Å². The molecule has 5 aromatic rings. The summed E-state index contributed by atoms with van der Waals surface area (Å²) in [5.74, 6) is 0. The molecule has 0 aliphatic rings. The van der Waals surface area contributed by atoms with Gasteiger partial charge in [0.1, 0.15) is 11.2 Å². The van der Waals surface area contributed by atoms with Crippen molar-refractivity contribution in [3.63, 3.8) is 0 Å². The van der Waals surface area contributed by atoms with Gasteiger partial charge in [0, 0.05) is 31.9 Å². The Morgan fingerprint density at radius 1 is 0.862 bits per heavy atom. The molecule has 2 heterocycles. The molecule has 0 saturated carbocycles. The number of aromatic nitrogens is 2. The molecule has 1 radical (unpaired) electrons. The van der Waals surface area contributed by atoms with Gasteiger partial charge in [-0.2, -0.15) is 0 Å². The molecule has 0 bridgehead atoms. The molecule has 2 nitrogen and oxygen atoms in total. The van der Waals surface area contributed by atoms with Gasteiger partial charge in [-0.25, -0.2) is 4.40 Å². The Bertz CT molecular complexity index is 1390. The fourth-order valence-corrected chi connectivity index (χ4v) is 4.45. The Morgan fingerprint density at radius 3 is 2.28 bits per heavy atom. The second kappa shape index (κ2) is 7.02. The molecule has 0 N–H and O–H groups in total. The van der Waals surface area contributed by atoms with Crippen molar-refractivity contribution in [2.75, 3.05) is 0 Å². The smallest absolute Gasteiger partial charge is 0.194 e. The molecule has 0 aliphatic carbocycles. The van der Waals surface area contributed by atoms with E-state index in [-0.39, 0.29) is 20.1 Å². The molecule has 0 unspecified atom stereocenters. The molecule has 5 rings (SSSR count). The van der Waals surface area contributed by atoms with E-state index in [9.17, 15) is 0 Å². The van der Waals surface area contributed by atoms with Gasteiger partial charge < -0.3 is 4.57 Å². The minimum absolute atomic E-state index is 0. The van der Waals surface area contributed by atoms with Gasteiger partial charge in [-0.05, 0) is 68.4 Å². The number of fused-ring (bicyclic) bond motifs is 6. The molecule has 147 valence electrons. The quantitative estimate of drug-likeness (QED) is 0.139. The summed E-state index contributed by atoms with van der Waals surface area (Å²) in [5.41, 5.74) is 9.88. The summed E-state index contributed by atoms with van der Waals surface area (Å²) in [6, 6.07) is 20.8. The van der Waals surface area contributed by atoms with E-state index in [0.29, 0.717) is 0 Å². The molecular weight excluding hydrogens is 533 g/mol. The van der Waals surface area contributed by atoms with E-state index < -0.39 is 0 Å². The van der Waals surface area contributed by atoms with E-state index in [0.717, 1.165) is 11.0 Å². The number of hydrogen-bond acceptors (Lipinski definition) is 0. The molecule has 0 atom stereocenters. The van der Waals surface area contributed by atoms with Crippen molar-refractivity contribution in [1.29, 1.82) is 0 Å². The molecular formula is C26H23IrN2-. The van der Waals surface area contributed by atoms with Crippen LogP contribution in [0.2, 0.25) is 0 Å². The van der Waals surface area contributed by atoms with E-state index >= 15 is 0 Å². The first-order valence-corrected chi connectivity index (χ1v) is 9.65. The zero-order valence-corrected chi connectivity index (χ0v) is 19.5. The van der Waals surface area contributed by atoms with Crippen LogP contribution in [0, 0.1) is 40.8 Å². The largest absolute Gasteiger partial charge is 0.355 e. The molecule has 0 fully saturated rings. The van der Waals surface area contributed by atoms with Crippen molar-refractivity contribution < 1.29 is 24.7 Å². The first-order chi connectivity index (χ1) is 13.5. The summed E-state index contributed by atoms with van der Waals surface area (Å²) in [7, 11) is 4.33. The number of benzene rings is 3. The van der Waals surface area contributed by atoms with Crippen LogP contribution in [0.1, 0.15) is 22.3 Å². The second-order valence-corrected chi connectivity index (χ2v) is 7.82. The maximum atomic E-state index is 4.33. The Hall–Kier alpha value is -2.61. The summed E-state index contributed by atoms with van der Waals surface area (Å²) < 4.78 is 4.36. The van der Waals surface area contributed by atoms with E-state index in [4.69, 9.17) is 0 Å². The summed E-state index contributed by atoms with van der Waals surface area (Å²) in [5, 5.41) is 3.58. The third-order valence-electron chi connectivity index (χ3n) is 5.96. The van der Waals surface area contributed by atoms with Crippen molar-refractivity contribution in [1.82, 2.24) is 4.40 Å². The summed E-state index contributed by atoms with van der Waals surface area (Å²) in [4.78, 5) is 0. The first-order valence-electron chi connectivity index (χ1n) is 9.65. The van der Waals surface area contributed by atoms with Gasteiger partial charge in [-0.15, -0.1) is 24.3 Å². The van der Waals surface area contributed by atoms with Crippen LogP contribution < -0.4 is 4.57 Å². The Labute approximate surface area is 185 Å². The van der Waals surface area contributed by atoms with Crippen molar-refractivity contribution >= 4 is 27.3 Å². The molecule has 29 heavy (non-hydrogen) atoms. The average Bonchev–Trinajstić information content (AvgIpc) is 3.00. The van der Waals surface area contributed by atoms with Crippen molar-refractivity contribution in [3.05, 3.63) is 90.1 Å². The fourth-order valence-electron chi connectivity index (χ4n) is 4.45. The van der Waals surface area contributed by atoms with Gasteiger partial charge in [-0.1, -0.05) is 35.0 Å². The Morgan fingerprint density at radius 2 is 1.55 bits per heavy atom. The van der Waals surface area contributed by atoms with Gasteiger partial charge >= 0.3 is 0 Å². The minimum Gasteiger partial charge on any atom is -0.355 e. The monoisotopic (exact) mass is 556 g/mol. The van der Waals surface area contributed by atoms with Gasteiger partial charge in [0.15, 0.2) is 5.65 Å². The SMILES string of the molecule is [CH2-][n+]1cc(-c2c(C)cccc2C)n2c3cc(C)c(C)cc3c3ccc[c-]c3c21.[Ir]. The van der Waals surface area contributed by atoms with Gasteiger partial charge in [-0.3, -0.25) is 0 Å². The summed E-state index contributed by atoms with van der Waals surface area (Å²) in [6.07, 6.45) is 2.15. The number of pyridine rings is 1. The predicted octanol–water partition coefficient (Wildman–Crippen LogP) is 5.87. The number of imidazole rings is 1. The molecule has 3 aromatic carbocycles. The molecule has 0 aliphatic heterocycles. The third-order valence-corrected chi connectivity index (χ3v) is 5.96. The predicted molar refractivity (Wildman–Crippen MR) is 117 cm³/mol. The van der Waals surface area contributed by atoms with E-state index in [2.05, 4.69) is 93.9 Å². The Balaban J connectivity index is 0.00000205. The molecule has 3 heteroatoms. The van der Waals surface area contributed by atoms with Crippen LogP contribution in [-0.4, -0.2) is 4.40 Å². The second-order valence-electron chi connectivity index (χ2n) is 7.82. The molecule has 0 saturated heterocycles.